The molecule has 20 heavy (non-hydrogen) atoms. The molecule has 2 aromatic rings. The van der Waals surface area contributed by atoms with Crippen LogP contribution in [0, 0.1) is 0 Å². The van der Waals surface area contributed by atoms with Crippen LogP contribution in [0.3, 0.4) is 0 Å². The van der Waals surface area contributed by atoms with Crippen LogP contribution in [-0.4, -0.2) is 21.5 Å². The molecule has 0 amide bonds. The first-order valence-corrected chi connectivity index (χ1v) is 7.56. The van der Waals surface area contributed by atoms with E-state index in [-0.39, 0.29) is 0 Å². The third-order valence-corrected chi connectivity index (χ3v) is 3.48. The van der Waals surface area contributed by atoms with Crippen LogP contribution in [0.1, 0.15) is 51.3 Å². The van der Waals surface area contributed by atoms with Crippen LogP contribution < -0.4 is 5.32 Å². The van der Waals surface area contributed by atoms with Crippen LogP contribution in [0.15, 0.2) is 36.5 Å². The van der Waals surface area contributed by atoms with Gasteiger partial charge in [0.2, 0.25) is 0 Å². The Bertz CT molecular complexity index is 492. The van der Waals surface area contributed by atoms with E-state index in [0.717, 1.165) is 24.3 Å². The maximum absolute atomic E-state index is 4.24. The minimum absolute atomic E-state index is 0.321. The molecule has 2 rings (SSSR count). The van der Waals surface area contributed by atoms with E-state index in [1.54, 1.807) is 0 Å². The Morgan fingerprint density at radius 3 is 2.65 bits per heavy atom. The van der Waals surface area contributed by atoms with Gasteiger partial charge >= 0.3 is 0 Å². The number of hydrogen-bond donors (Lipinski definition) is 1. The van der Waals surface area contributed by atoms with Gasteiger partial charge < -0.3 is 5.32 Å². The predicted octanol–water partition coefficient (Wildman–Crippen LogP) is 3.50. The van der Waals surface area contributed by atoms with Crippen molar-refractivity contribution in [2.75, 3.05) is 6.54 Å². The fourth-order valence-corrected chi connectivity index (χ4v) is 2.45. The summed E-state index contributed by atoms with van der Waals surface area (Å²) >= 11 is 0. The van der Waals surface area contributed by atoms with Crippen molar-refractivity contribution in [2.24, 2.45) is 0 Å². The highest BCUT2D eigenvalue weighted by atomic mass is 15.4. The first kappa shape index (κ1) is 14.7. The summed E-state index contributed by atoms with van der Waals surface area (Å²) in [4.78, 5) is 0. The minimum atomic E-state index is 0.321. The number of para-hydroxylation sites is 1. The second-order valence-corrected chi connectivity index (χ2v) is 5.01. The zero-order chi connectivity index (χ0) is 14.2. The monoisotopic (exact) mass is 272 g/mol. The highest BCUT2D eigenvalue weighted by Crippen LogP contribution is 2.21. The molecule has 1 aromatic carbocycles. The molecule has 1 heterocycles. The van der Waals surface area contributed by atoms with Crippen LogP contribution >= 0.6 is 0 Å². The summed E-state index contributed by atoms with van der Waals surface area (Å²) in [7, 11) is 0. The average molecular weight is 272 g/mol. The number of nitrogens with zero attached hydrogens (tertiary/aromatic N) is 3. The first-order chi connectivity index (χ1) is 9.86. The highest BCUT2D eigenvalue weighted by Gasteiger charge is 2.16. The van der Waals surface area contributed by atoms with Gasteiger partial charge in [-0.2, -0.15) is 0 Å². The van der Waals surface area contributed by atoms with Gasteiger partial charge in [0.05, 0.1) is 23.6 Å². The molecule has 0 aliphatic rings. The summed E-state index contributed by atoms with van der Waals surface area (Å²) in [5, 5.41) is 11.9. The predicted molar refractivity (Wildman–Crippen MR) is 81.9 cm³/mol. The van der Waals surface area contributed by atoms with Crippen molar-refractivity contribution in [3.05, 3.63) is 42.2 Å². The summed E-state index contributed by atoms with van der Waals surface area (Å²) in [6.07, 6.45) is 6.76. The molecule has 0 spiro atoms. The van der Waals surface area contributed by atoms with Crippen molar-refractivity contribution in [1.82, 2.24) is 20.3 Å². The number of nitrogens with one attached hydrogen (secondary N) is 1. The molecule has 0 aliphatic carbocycles. The molecule has 4 nitrogen and oxygen atoms in total. The fraction of sp³-hybridized carbons (Fsp3) is 0.500. The third kappa shape index (κ3) is 3.67. The molecular weight excluding hydrogens is 248 g/mol. The summed E-state index contributed by atoms with van der Waals surface area (Å²) in [5.41, 5.74) is 2.22. The molecule has 4 heteroatoms. The molecule has 0 saturated heterocycles. The fourth-order valence-electron chi connectivity index (χ4n) is 2.45. The Labute approximate surface area is 121 Å². The highest BCUT2D eigenvalue weighted by molar-refractivity contribution is 5.32. The van der Waals surface area contributed by atoms with Gasteiger partial charge in [0.1, 0.15) is 0 Å². The van der Waals surface area contributed by atoms with Crippen molar-refractivity contribution in [3.8, 4) is 5.69 Å². The van der Waals surface area contributed by atoms with E-state index in [0.29, 0.717) is 6.04 Å². The van der Waals surface area contributed by atoms with Crippen LogP contribution in [0.5, 0.6) is 0 Å². The summed E-state index contributed by atoms with van der Waals surface area (Å²) in [5.74, 6) is 0. The number of rotatable bonds is 8. The van der Waals surface area contributed by atoms with Crippen molar-refractivity contribution < 1.29 is 0 Å². The summed E-state index contributed by atoms with van der Waals surface area (Å²) < 4.78 is 1.94. The third-order valence-electron chi connectivity index (χ3n) is 3.48. The lowest BCUT2D eigenvalue weighted by Crippen LogP contribution is -2.23. The quantitative estimate of drug-likeness (QED) is 0.748. The van der Waals surface area contributed by atoms with E-state index < -0.39 is 0 Å². The topological polar surface area (TPSA) is 42.7 Å². The van der Waals surface area contributed by atoms with Crippen molar-refractivity contribution in [2.45, 2.75) is 45.6 Å². The number of unbranched alkanes of at least 4 members (excludes halogenated alkanes) is 2. The van der Waals surface area contributed by atoms with Gasteiger partial charge in [-0.3, -0.25) is 0 Å². The van der Waals surface area contributed by atoms with Crippen LogP contribution in [-0.2, 0) is 0 Å². The van der Waals surface area contributed by atoms with E-state index in [9.17, 15) is 0 Å². The van der Waals surface area contributed by atoms with E-state index in [2.05, 4.69) is 41.6 Å². The minimum Gasteiger partial charge on any atom is -0.309 e. The van der Waals surface area contributed by atoms with Gasteiger partial charge in [0, 0.05) is 0 Å². The van der Waals surface area contributed by atoms with Crippen LogP contribution in [0.25, 0.3) is 5.69 Å². The lowest BCUT2D eigenvalue weighted by atomic mass is 10.1. The molecule has 0 saturated carbocycles. The molecule has 1 N–H and O–H groups in total. The van der Waals surface area contributed by atoms with Crippen molar-refractivity contribution >= 4 is 0 Å². The zero-order valence-electron chi connectivity index (χ0n) is 12.4. The maximum atomic E-state index is 4.24. The molecule has 1 aromatic heterocycles. The van der Waals surface area contributed by atoms with Gasteiger partial charge in [-0.15, -0.1) is 5.10 Å². The van der Waals surface area contributed by atoms with E-state index in [1.165, 1.54) is 19.3 Å². The molecule has 0 bridgehead atoms. The second-order valence-electron chi connectivity index (χ2n) is 5.01. The van der Waals surface area contributed by atoms with E-state index in [1.807, 2.05) is 29.1 Å². The van der Waals surface area contributed by atoms with Crippen molar-refractivity contribution in [3.63, 3.8) is 0 Å². The lowest BCUT2D eigenvalue weighted by Gasteiger charge is -2.18. The smallest absolute Gasteiger partial charge is 0.0815 e. The van der Waals surface area contributed by atoms with Crippen LogP contribution in [0.2, 0.25) is 0 Å². The standard InChI is InChI=1S/C16H24N4/c1-3-5-7-12-15(17-4-2)16-13-18-19-20(16)14-10-8-6-9-11-14/h6,8-11,13,15,17H,3-5,7,12H2,1-2H3. The van der Waals surface area contributed by atoms with Gasteiger partial charge in [-0.1, -0.05) is 56.5 Å². The molecule has 0 fully saturated rings. The van der Waals surface area contributed by atoms with Gasteiger partial charge in [0.15, 0.2) is 0 Å². The van der Waals surface area contributed by atoms with E-state index >= 15 is 0 Å². The van der Waals surface area contributed by atoms with Gasteiger partial charge in [0.25, 0.3) is 0 Å². The Hall–Kier alpha value is -1.68. The molecule has 0 radical (unpaired) electrons. The largest absolute Gasteiger partial charge is 0.309 e. The Kier molecular flexibility index (Phi) is 5.74. The zero-order valence-corrected chi connectivity index (χ0v) is 12.4. The molecule has 0 aliphatic heterocycles. The normalized spacial score (nSPS) is 12.5. The lowest BCUT2D eigenvalue weighted by molar-refractivity contribution is 0.467. The van der Waals surface area contributed by atoms with Gasteiger partial charge in [-0.25, -0.2) is 4.68 Å². The maximum Gasteiger partial charge on any atom is 0.0815 e. The number of benzene rings is 1. The summed E-state index contributed by atoms with van der Waals surface area (Å²) in [6.45, 7) is 5.33. The number of aromatic nitrogens is 3. The molecule has 1 atom stereocenters. The van der Waals surface area contributed by atoms with Gasteiger partial charge in [-0.05, 0) is 25.1 Å². The Balaban J connectivity index is 2.19. The second kappa shape index (κ2) is 7.80. The Morgan fingerprint density at radius 1 is 1.15 bits per heavy atom. The molecule has 108 valence electrons. The Morgan fingerprint density at radius 2 is 1.95 bits per heavy atom. The van der Waals surface area contributed by atoms with Crippen molar-refractivity contribution in [1.29, 1.82) is 0 Å². The van der Waals surface area contributed by atoms with Crippen LogP contribution in [0.4, 0.5) is 0 Å². The molecular formula is C16H24N4. The first-order valence-electron chi connectivity index (χ1n) is 7.56. The average Bonchev–Trinajstić information content (AvgIpc) is 2.97. The van der Waals surface area contributed by atoms with E-state index in [4.69, 9.17) is 0 Å². The molecule has 1 unspecified atom stereocenters. The summed E-state index contributed by atoms with van der Waals surface area (Å²) in [6, 6.07) is 10.5. The SMILES string of the molecule is CCCCCC(NCC)c1cnnn1-c1ccccc1. The number of hydrogen-bond acceptors (Lipinski definition) is 3.